The second-order valence-corrected chi connectivity index (χ2v) is 9.04. The summed E-state index contributed by atoms with van der Waals surface area (Å²) in [4.78, 5) is 22.3. The van der Waals surface area contributed by atoms with Crippen molar-refractivity contribution in [1.82, 2.24) is 29.3 Å². The van der Waals surface area contributed by atoms with Crippen molar-refractivity contribution in [2.75, 3.05) is 7.11 Å². The van der Waals surface area contributed by atoms with Gasteiger partial charge in [-0.3, -0.25) is 9.36 Å². The van der Waals surface area contributed by atoms with Crippen LogP contribution >= 0.6 is 15.9 Å². The zero-order valence-corrected chi connectivity index (χ0v) is 20.6. The molecular formula is C23H24BrN7O3. The third kappa shape index (κ3) is 4.15. The van der Waals surface area contributed by atoms with Gasteiger partial charge in [0.2, 0.25) is 5.78 Å². The van der Waals surface area contributed by atoms with Gasteiger partial charge in [-0.15, -0.1) is 10.2 Å². The first-order valence-electron chi connectivity index (χ1n) is 11.3. The SMILES string of the molecule is CCCCCn1c2c(c(=O)n3c(CCc4noc(-c5ccc(OC)cc5)n4)nnc13)CC(Br)=N2. The van der Waals surface area contributed by atoms with Gasteiger partial charge in [-0.05, 0) is 46.6 Å². The first kappa shape index (κ1) is 22.5. The summed E-state index contributed by atoms with van der Waals surface area (Å²) in [5, 5.41) is 12.8. The Morgan fingerprint density at radius 3 is 2.74 bits per heavy atom. The highest BCUT2D eigenvalue weighted by Crippen LogP contribution is 2.28. The number of nitrogens with zero attached hydrogens (tertiary/aromatic N) is 7. The van der Waals surface area contributed by atoms with Crippen LogP contribution in [0.15, 0.2) is 38.6 Å². The maximum absolute atomic E-state index is 13.3. The summed E-state index contributed by atoms with van der Waals surface area (Å²) in [7, 11) is 1.62. The monoisotopic (exact) mass is 525 g/mol. The Balaban J connectivity index is 1.41. The molecule has 1 aliphatic rings. The van der Waals surface area contributed by atoms with E-state index in [9.17, 15) is 4.79 Å². The van der Waals surface area contributed by atoms with Gasteiger partial charge in [-0.1, -0.05) is 24.9 Å². The van der Waals surface area contributed by atoms with E-state index in [2.05, 4.69) is 48.2 Å². The number of aryl methyl sites for hydroxylation is 3. The average Bonchev–Trinajstić information content (AvgIpc) is 3.58. The summed E-state index contributed by atoms with van der Waals surface area (Å²) < 4.78 is 15.0. The highest BCUT2D eigenvalue weighted by Gasteiger charge is 2.25. The van der Waals surface area contributed by atoms with Crippen LogP contribution in [0.2, 0.25) is 0 Å². The molecular weight excluding hydrogens is 502 g/mol. The lowest BCUT2D eigenvalue weighted by atomic mass is 10.2. The minimum absolute atomic E-state index is 0.123. The molecule has 4 aromatic rings. The van der Waals surface area contributed by atoms with Gasteiger partial charge in [0.15, 0.2) is 5.82 Å². The van der Waals surface area contributed by atoms with E-state index in [1.165, 1.54) is 0 Å². The van der Waals surface area contributed by atoms with E-state index < -0.39 is 0 Å². The van der Waals surface area contributed by atoms with Gasteiger partial charge >= 0.3 is 0 Å². The van der Waals surface area contributed by atoms with E-state index in [0.717, 1.165) is 41.7 Å². The Hall–Kier alpha value is -3.34. The van der Waals surface area contributed by atoms with Crippen LogP contribution in [0.25, 0.3) is 17.2 Å². The van der Waals surface area contributed by atoms with Gasteiger partial charge in [0.25, 0.3) is 11.4 Å². The molecule has 10 nitrogen and oxygen atoms in total. The van der Waals surface area contributed by atoms with E-state index in [0.29, 0.717) is 54.0 Å². The molecule has 0 radical (unpaired) electrons. The molecule has 5 rings (SSSR count). The number of benzene rings is 1. The number of rotatable bonds is 9. The maximum Gasteiger partial charge on any atom is 0.266 e. The minimum Gasteiger partial charge on any atom is -0.497 e. The maximum atomic E-state index is 13.3. The van der Waals surface area contributed by atoms with Gasteiger partial charge in [0.05, 0.1) is 17.3 Å². The van der Waals surface area contributed by atoms with Crippen LogP contribution in [0.3, 0.4) is 0 Å². The summed E-state index contributed by atoms with van der Waals surface area (Å²) >= 11 is 3.46. The highest BCUT2D eigenvalue weighted by atomic mass is 79.9. The van der Waals surface area contributed by atoms with E-state index >= 15 is 0 Å². The average molecular weight is 526 g/mol. The number of methoxy groups -OCH3 is 1. The number of fused-ring (bicyclic) bond motifs is 2. The van der Waals surface area contributed by atoms with Crippen molar-refractivity contribution in [3.63, 3.8) is 0 Å². The molecule has 0 fully saturated rings. The Bertz CT molecular complexity index is 1420. The third-order valence-electron chi connectivity index (χ3n) is 5.85. The number of aromatic nitrogens is 6. The molecule has 1 aliphatic heterocycles. The fraction of sp³-hybridized carbons (Fsp3) is 0.391. The van der Waals surface area contributed by atoms with Crippen LogP contribution in [0.5, 0.6) is 5.75 Å². The first-order valence-corrected chi connectivity index (χ1v) is 12.1. The molecule has 0 amide bonds. The number of aliphatic imine (C=N–C) groups is 1. The third-order valence-corrected chi connectivity index (χ3v) is 6.31. The van der Waals surface area contributed by atoms with Crippen LogP contribution in [0.1, 0.15) is 43.4 Å². The quantitative estimate of drug-likeness (QED) is 0.304. The van der Waals surface area contributed by atoms with Gasteiger partial charge in [-0.25, -0.2) is 9.39 Å². The van der Waals surface area contributed by atoms with Crippen LogP contribution in [-0.2, 0) is 25.8 Å². The molecule has 3 aromatic heterocycles. The lowest BCUT2D eigenvalue weighted by Crippen LogP contribution is -2.24. The normalized spacial score (nSPS) is 12.9. The van der Waals surface area contributed by atoms with Crippen molar-refractivity contribution in [1.29, 1.82) is 0 Å². The number of halogens is 1. The predicted molar refractivity (Wildman–Crippen MR) is 130 cm³/mol. The number of hydrogen-bond acceptors (Lipinski definition) is 8. The topological polar surface area (TPSA) is 113 Å². The van der Waals surface area contributed by atoms with Gasteiger partial charge in [0, 0.05) is 31.4 Å². The van der Waals surface area contributed by atoms with Crippen LogP contribution < -0.4 is 10.3 Å². The molecule has 0 unspecified atom stereocenters. The number of hydrogen-bond donors (Lipinski definition) is 0. The van der Waals surface area contributed by atoms with Crippen molar-refractivity contribution < 1.29 is 9.26 Å². The van der Waals surface area contributed by atoms with Gasteiger partial charge < -0.3 is 9.26 Å². The van der Waals surface area contributed by atoms with Crippen LogP contribution in [0, 0.1) is 0 Å². The lowest BCUT2D eigenvalue weighted by Gasteiger charge is -2.12. The molecule has 11 heteroatoms. The van der Waals surface area contributed by atoms with E-state index in [-0.39, 0.29) is 5.56 Å². The Labute approximate surface area is 203 Å². The molecule has 0 aliphatic carbocycles. The summed E-state index contributed by atoms with van der Waals surface area (Å²) in [6.45, 7) is 2.89. The first-order chi connectivity index (χ1) is 16.6. The van der Waals surface area contributed by atoms with Crippen molar-refractivity contribution in [3.05, 3.63) is 51.8 Å². The number of unbranched alkanes of at least 4 members (excludes halogenated alkanes) is 2. The second-order valence-electron chi connectivity index (χ2n) is 8.13. The second kappa shape index (κ2) is 9.49. The predicted octanol–water partition coefficient (Wildman–Crippen LogP) is 3.91. The summed E-state index contributed by atoms with van der Waals surface area (Å²) in [5.74, 6) is 3.51. The Morgan fingerprint density at radius 1 is 1.15 bits per heavy atom. The summed E-state index contributed by atoms with van der Waals surface area (Å²) in [6, 6.07) is 7.41. The fourth-order valence-corrected chi connectivity index (χ4v) is 4.53. The molecule has 1 aromatic carbocycles. The standard InChI is InChI=1S/C23H24BrN7O3/c1-3-4-5-12-30-20-16(13-17(24)25-20)22(32)31-19(27-28-23(30)31)11-10-18-26-21(34-29-18)14-6-8-15(33-2)9-7-14/h6-9H,3-5,10-13H2,1-2H3. The van der Waals surface area contributed by atoms with E-state index in [1.54, 1.807) is 11.5 Å². The molecule has 0 N–H and O–H groups in total. The fourth-order valence-electron chi connectivity index (χ4n) is 4.08. The van der Waals surface area contributed by atoms with Crippen molar-refractivity contribution in [2.24, 2.45) is 4.99 Å². The molecule has 0 saturated carbocycles. The molecule has 0 bridgehead atoms. The van der Waals surface area contributed by atoms with Gasteiger partial charge in [0.1, 0.15) is 17.4 Å². The number of ether oxygens (including phenoxy) is 1. The summed E-state index contributed by atoms with van der Waals surface area (Å²) in [6.07, 6.45) is 4.57. The van der Waals surface area contributed by atoms with E-state index in [1.807, 2.05) is 28.8 Å². The van der Waals surface area contributed by atoms with Crippen molar-refractivity contribution >= 4 is 32.1 Å². The Kier molecular flexibility index (Phi) is 6.27. The summed E-state index contributed by atoms with van der Waals surface area (Å²) in [5.41, 5.74) is 1.35. The lowest BCUT2D eigenvalue weighted by molar-refractivity contribution is 0.414. The highest BCUT2D eigenvalue weighted by molar-refractivity contribution is 9.18. The van der Waals surface area contributed by atoms with Crippen LogP contribution in [-0.4, -0.2) is 41.0 Å². The zero-order chi connectivity index (χ0) is 23.7. The molecule has 176 valence electrons. The molecule has 34 heavy (non-hydrogen) atoms. The largest absolute Gasteiger partial charge is 0.497 e. The minimum atomic E-state index is -0.123. The Morgan fingerprint density at radius 2 is 1.97 bits per heavy atom. The molecule has 4 heterocycles. The molecule has 0 saturated heterocycles. The van der Waals surface area contributed by atoms with Crippen molar-refractivity contribution in [3.8, 4) is 17.2 Å². The van der Waals surface area contributed by atoms with Crippen LogP contribution in [0.4, 0.5) is 5.82 Å². The van der Waals surface area contributed by atoms with Crippen molar-refractivity contribution in [2.45, 2.75) is 52.0 Å². The zero-order valence-electron chi connectivity index (χ0n) is 19.0. The molecule has 0 spiro atoms. The molecule has 0 atom stereocenters. The smallest absolute Gasteiger partial charge is 0.266 e. The van der Waals surface area contributed by atoms with E-state index in [4.69, 9.17) is 9.26 Å². The van der Waals surface area contributed by atoms with Gasteiger partial charge in [-0.2, -0.15) is 4.98 Å².